The molecule has 2 aliphatic rings. The predicted molar refractivity (Wildman–Crippen MR) is 78.6 cm³/mol. The molecule has 2 aliphatic heterocycles. The van der Waals surface area contributed by atoms with E-state index in [9.17, 15) is 14.0 Å². The molecule has 2 amide bonds. The minimum atomic E-state index is -0.367. The van der Waals surface area contributed by atoms with Crippen molar-refractivity contribution in [1.29, 1.82) is 0 Å². The van der Waals surface area contributed by atoms with E-state index in [1.165, 1.54) is 18.0 Å². The van der Waals surface area contributed by atoms with Gasteiger partial charge in [-0.3, -0.25) is 19.4 Å². The molecule has 1 atom stereocenters. The van der Waals surface area contributed by atoms with Crippen LogP contribution in [0.15, 0.2) is 18.2 Å². The number of nitrogens with zero attached hydrogens (tertiary/aromatic N) is 2. The van der Waals surface area contributed by atoms with Crippen molar-refractivity contribution in [3.8, 4) is 0 Å². The number of likely N-dealkylation sites (tertiary alicyclic amines) is 1. The number of nitrogens with one attached hydrogen (secondary N) is 1. The lowest BCUT2D eigenvalue weighted by Crippen LogP contribution is -2.43. The van der Waals surface area contributed by atoms with Gasteiger partial charge in [0.25, 0.3) is 0 Å². The van der Waals surface area contributed by atoms with Crippen molar-refractivity contribution in [2.75, 3.05) is 13.6 Å². The monoisotopic (exact) mass is 301 g/mol. The highest BCUT2D eigenvalue weighted by Crippen LogP contribution is 2.30. The van der Waals surface area contributed by atoms with Crippen LogP contribution in [0.25, 0.3) is 10.9 Å². The SMILES string of the molecule is CN1C(=O)C[C@H](N2CCc3c([nH]c4ccc(F)cc34)C2)C1=O. The predicted octanol–water partition coefficient (Wildman–Crippen LogP) is 1.42. The smallest absolute Gasteiger partial charge is 0.246 e. The van der Waals surface area contributed by atoms with Crippen molar-refractivity contribution in [2.45, 2.75) is 25.4 Å². The number of H-pyrrole nitrogens is 1. The van der Waals surface area contributed by atoms with Crippen LogP contribution in [-0.4, -0.2) is 46.2 Å². The van der Waals surface area contributed by atoms with Crippen molar-refractivity contribution >= 4 is 22.7 Å². The molecule has 6 heteroatoms. The average molecular weight is 301 g/mol. The third-order valence-corrected chi connectivity index (χ3v) is 4.77. The topological polar surface area (TPSA) is 56.4 Å². The fourth-order valence-corrected chi connectivity index (χ4v) is 3.52. The Morgan fingerprint density at radius 2 is 2.14 bits per heavy atom. The number of imide groups is 1. The van der Waals surface area contributed by atoms with Crippen LogP contribution in [0.1, 0.15) is 17.7 Å². The molecule has 2 aromatic rings. The molecule has 0 spiro atoms. The van der Waals surface area contributed by atoms with Gasteiger partial charge >= 0.3 is 0 Å². The molecule has 1 fully saturated rings. The Morgan fingerprint density at radius 3 is 2.86 bits per heavy atom. The van der Waals surface area contributed by atoms with E-state index in [1.54, 1.807) is 12.1 Å². The number of likely N-dealkylation sites (N-methyl/N-ethyl adjacent to an activating group) is 1. The second-order valence-electron chi connectivity index (χ2n) is 6.00. The fraction of sp³-hybridized carbons (Fsp3) is 0.375. The van der Waals surface area contributed by atoms with Crippen LogP contribution in [0.3, 0.4) is 0 Å². The van der Waals surface area contributed by atoms with E-state index in [0.717, 1.165) is 28.6 Å². The summed E-state index contributed by atoms with van der Waals surface area (Å²) in [6, 6.07) is 4.37. The number of carbonyl (C=O) groups excluding carboxylic acids is 2. The molecule has 1 saturated heterocycles. The van der Waals surface area contributed by atoms with Crippen LogP contribution >= 0.6 is 0 Å². The average Bonchev–Trinajstić information content (AvgIpc) is 2.99. The summed E-state index contributed by atoms with van der Waals surface area (Å²) in [5, 5.41) is 0.917. The van der Waals surface area contributed by atoms with Gasteiger partial charge in [-0.05, 0) is 30.2 Å². The molecule has 1 aromatic heterocycles. The van der Waals surface area contributed by atoms with E-state index >= 15 is 0 Å². The number of aromatic amines is 1. The van der Waals surface area contributed by atoms with Crippen molar-refractivity contribution in [1.82, 2.24) is 14.8 Å². The second-order valence-corrected chi connectivity index (χ2v) is 6.00. The molecule has 4 rings (SSSR count). The van der Waals surface area contributed by atoms with Gasteiger partial charge in [0, 0.05) is 36.7 Å². The Labute approximate surface area is 126 Å². The summed E-state index contributed by atoms with van der Waals surface area (Å²) in [6.07, 6.45) is 1.000. The third kappa shape index (κ3) is 1.87. The maximum atomic E-state index is 13.4. The van der Waals surface area contributed by atoms with Crippen molar-refractivity contribution in [3.63, 3.8) is 0 Å². The van der Waals surface area contributed by atoms with Gasteiger partial charge in [0.2, 0.25) is 11.8 Å². The molecule has 0 radical (unpaired) electrons. The molecule has 1 N–H and O–H groups in total. The van der Waals surface area contributed by atoms with Gasteiger partial charge < -0.3 is 4.98 Å². The molecule has 0 unspecified atom stereocenters. The van der Waals surface area contributed by atoms with E-state index in [-0.39, 0.29) is 30.1 Å². The molecular weight excluding hydrogens is 285 g/mol. The molecule has 0 saturated carbocycles. The van der Waals surface area contributed by atoms with E-state index in [1.807, 2.05) is 4.90 Å². The number of amides is 2. The number of hydrogen-bond acceptors (Lipinski definition) is 3. The van der Waals surface area contributed by atoms with Gasteiger partial charge in [0.05, 0.1) is 12.5 Å². The molecule has 0 bridgehead atoms. The van der Waals surface area contributed by atoms with Crippen molar-refractivity contribution in [2.24, 2.45) is 0 Å². The number of fused-ring (bicyclic) bond motifs is 3. The van der Waals surface area contributed by atoms with Gasteiger partial charge in [0.15, 0.2) is 0 Å². The molecule has 114 valence electrons. The van der Waals surface area contributed by atoms with E-state index < -0.39 is 0 Å². The standard InChI is InChI=1S/C16H16FN3O2/c1-19-15(21)7-14(16(19)22)20-5-4-10-11-6-9(17)2-3-12(11)18-13(10)8-20/h2-3,6,14,18H,4-5,7-8H2,1H3/t14-/m0/s1. The first-order valence-corrected chi connectivity index (χ1v) is 7.38. The van der Waals surface area contributed by atoms with Gasteiger partial charge in [-0.15, -0.1) is 0 Å². The summed E-state index contributed by atoms with van der Waals surface area (Å²) in [5.74, 6) is -0.495. The van der Waals surface area contributed by atoms with Crippen LogP contribution in [0, 0.1) is 5.82 Å². The molecule has 1 aromatic carbocycles. The minimum absolute atomic E-state index is 0.125. The highest BCUT2D eigenvalue weighted by Gasteiger charge is 2.41. The Hall–Kier alpha value is -2.21. The van der Waals surface area contributed by atoms with Crippen LogP contribution in [-0.2, 0) is 22.6 Å². The highest BCUT2D eigenvalue weighted by molar-refractivity contribution is 6.05. The molecule has 22 heavy (non-hydrogen) atoms. The maximum Gasteiger partial charge on any atom is 0.246 e. The minimum Gasteiger partial charge on any atom is -0.357 e. The first-order valence-electron chi connectivity index (χ1n) is 7.38. The lowest BCUT2D eigenvalue weighted by Gasteiger charge is -2.30. The maximum absolute atomic E-state index is 13.4. The molecule has 5 nitrogen and oxygen atoms in total. The summed E-state index contributed by atoms with van der Waals surface area (Å²) in [7, 11) is 1.53. The van der Waals surface area contributed by atoms with Crippen LogP contribution < -0.4 is 0 Å². The van der Waals surface area contributed by atoms with Crippen LogP contribution in [0.2, 0.25) is 0 Å². The number of carbonyl (C=O) groups is 2. The largest absolute Gasteiger partial charge is 0.357 e. The van der Waals surface area contributed by atoms with E-state index in [4.69, 9.17) is 0 Å². The molecular formula is C16H16FN3O2. The Bertz CT molecular complexity index is 798. The highest BCUT2D eigenvalue weighted by atomic mass is 19.1. The summed E-state index contributed by atoms with van der Waals surface area (Å²) in [4.78, 5) is 30.4. The first-order chi connectivity index (χ1) is 10.5. The number of rotatable bonds is 1. The Balaban J connectivity index is 1.66. The van der Waals surface area contributed by atoms with Crippen molar-refractivity contribution in [3.05, 3.63) is 35.3 Å². The van der Waals surface area contributed by atoms with Crippen LogP contribution in [0.4, 0.5) is 4.39 Å². The van der Waals surface area contributed by atoms with Gasteiger partial charge in [-0.2, -0.15) is 0 Å². The summed E-state index contributed by atoms with van der Waals surface area (Å²) < 4.78 is 13.4. The van der Waals surface area contributed by atoms with Gasteiger partial charge in [0.1, 0.15) is 5.82 Å². The van der Waals surface area contributed by atoms with Gasteiger partial charge in [-0.1, -0.05) is 0 Å². The first kappa shape index (κ1) is 13.5. The zero-order valence-corrected chi connectivity index (χ0v) is 12.2. The summed E-state index contributed by atoms with van der Waals surface area (Å²) in [5.41, 5.74) is 3.05. The summed E-state index contributed by atoms with van der Waals surface area (Å²) in [6.45, 7) is 1.29. The van der Waals surface area contributed by atoms with Gasteiger partial charge in [-0.25, -0.2) is 4.39 Å². The Kier molecular flexibility index (Phi) is 2.84. The quantitative estimate of drug-likeness (QED) is 0.811. The normalized spacial score (nSPS) is 22.6. The number of benzene rings is 1. The van der Waals surface area contributed by atoms with Crippen LogP contribution in [0.5, 0.6) is 0 Å². The molecule has 3 heterocycles. The summed E-state index contributed by atoms with van der Waals surface area (Å²) >= 11 is 0. The zero-order chi connectivity index (χ0) is 15.4. The third-order valence-electron chi connectivity index (χ3n) is 4.77. The lowest BCUT2D eigenvalue weighted by molar-refractivity contribution is -0.138. The number of halogens is 1. The fourth-order valence-electron chi connectivity index (χ4n) is 3.52. The molecule has 0 aliphatic carbocycles. The Morgan fingerprint density at radius 1 is 1.32 bits per heavy atom. The lowest BCUT2D eigenvalue weighted by atomic mass is 10.0. The number of hydrogen-bond donors (Lipinski definition) is 1. The van der Waals surface area contributed by atoms with E-state index in [0.29, 0.717) is 13.1 Å². The second kappa shape index (κ2) is 4.64. The van der Waals surface area contributed by atoms with Crippen molar-refractivity contribution < 1.29 is 14.0 Å². The zero-order valence-electron chi connectivity index (χ0n) is 12.2. The van der Waals surface area contributed by atoms with E-state index in [2.05, 4.69) is 4.98 Å². The number of aromatic nitrogens is 1.